The molecule has 33 heavy (non-hydrogen) atoms. The summed E-state index contributed by atoms with van der Waals surface area (Å²) in [7, 11) is 0. The van der Waals surface area contributed by atoms with Gasteiger partial charge in [-0.3, -0.25) is 0 Å². The number of thiophene rings is 1. The highest BCUT2D eigenvalue weighted by Gasteiger charge is 2.21. The number of aryl methyl sites for hydroxylation is 1. The van der Waals surface area contributed by atoms with E-state index in [1.807, 2.05) is 35.0 Å². The molecular formula is C25H22Br2N2O3S. The fraction of sp³-hybridized carbons (Fsp3) is 0.280. The van der Waals surface area contributed by atoms with Crippen LogP contribution in [0, 0.1) is 0 Å². The normalized spacial score (nSPS) is 12.9. The monoisotopic (exact) mass is 588 g/mol. The van der Waals surface area contributed by atoms with Gasteiger partial charge >= 0.3 is 0 Å². The van der Waals surface area contributed by atoms with E-state index in [9.17, 15) is 0 Å². The molecule has 8 heteroatoms. The summed E-state index contributed by atoms with van der Waals surface area (Å²) in [5, 5.41) is 8.00. The molecule has 0 aliphatic heterocycles. The lowest BCUT2D eigenvalue weighted by atomic mass is 10.0. The third kappa shape index (κ3) is 4.74. The van der Waals surface area contributed by atoms with Crippen LogP contribution in [-0.2, 0) is 19.4 Å². The van der Waals surface area contributed by atoms with Crippen LogP contribution < -0.4 is 9.47 Å². The second kappa shape index (κ2) is 9.60. The number of nitrogens with zero attached hydrogens (tertiary/aromatic N) is 2. The zero-order chi connectivity index (χ0) is 22.9. The van der Waals surface area contributed by atoms with Crippen LogP contribution >= 0.6 is 43.2 Å². The molecule has 0 bridgehead atoms. The number of fused-ring (bicyclic) bond motifs is 1. The van der Waals surface area contributed by atoms with Crippen molar-refractivity contribution in [3.63, 3.8) is 0 Å². The van der Waals surface area contributed by atoms with Gasteiger partial charge in [0.25, 0.3) is 5.89 Å². The number of ether oxygens (including phenoxy) is 2. The molecule has 0 unspecified atom stereocenters. The highest BCUT2D eigenvalue weighted by Crippen LogP contribution is 2.44. The Bertz CT molecular complexity index is 1290. The van der Waals surface area contributed by atoms with Gasteiger partial charge in [0.1, 0.15) is 11.5 Å². The highest BCUT2D eigenvalue weighted by molar-refractivity contribution is 9.11. The van der Waals surface area contributed by atoms with Crippen LogP contribution in [0.1, 0.15) is 48.7 Å². The van der Waals surface area contributed by atoms with Gasteiger partial charge in [-0.1, -0.05) is 19.0 Å². The summed E-state index contributed by atoms with van der Waals surface area (Å²) in [6.07, 6.45) is 3.38. The molecule has 0 amide bonds. The van der Waals surface area contributed by atoms with Crippen LogP contribution in [0.15, 0.2) is 54.6 Å². The van der Waals surface area contributed by atoms with E-state index < -0.39 is 0 Å². The summed E-state index contributed by atoms with van der Waals surface area (Å²) in [6, 6.07) is 10.0. The maximum absolute atomic E-state index is 6.33. The van der Waals surface area contributed by atoms with E-state index in [1.165, 1.54) is 17.5 Å². The predicted molar refractivity (Wildman–Crippen MR) is 136 cm³/mol. The van der Waals surface area contributed by atoms with Crippen molar-refractivity contribution in [3.8, 4) is 28.7 Å². The van der Waals surface area contributed by atoms with Gasteiger partial charge < -0.3 is 14.0 Å². The molecule has 0 saturated carbocycles. The Morgan fingerprint density at radius 3 is 2.82 bits per heavy atom. The lowest BCUT2D eigenvalue weighted by Gasteiger charge is -2.17. The van der Waals surface area contributed by atoms with E-state index >= 15 is 0 Å². The first kappa shape index (κ1) is 22.6. The third-order valence-corrected chi connectivity index (χ3v) is 7.77. The molecule has 0 spiro atoms. The topological polar surface area (TPSA) is 57.4 Å². The molecule has 2 aromatic heterocycles. The summed E-state index contributed by atoms with van der Waals surface area (Å²) in [6.45, 7) is 4.50. The fourth-order valence-electron chi connectivity index (χ4n) is 3.98. The number of hydrogen-bond donors (Lipinski definition) is 0. The number of halogens is 2. The zero-order valence-electron chi connectivity index (χ0n) is 18.2. The fourth-order valence-corrected chi connectivity index (χ4v) is 6.18. The molecular weight excluding hydrogens is 568 g/mol. The number of benzene rings is 2. The highest BCUT2D eigenvalue weighted by atomic mass is 79.9. The largest absolute Gasteiger partial charge is 0.485 e. The lowest BCUT2D eigenvalue weighted by Crippen LogP contribution is -2.02. The van der Waals surface area contributed by atoms with Crippen LogP contribution in [0.5, 0.6) is 17.2 Å². The first-order valence-corrected chi connectivity index (χ1v) is 13.3. The van der Waals surface area contributed by atoms with Gasteiger partial charge in [-0.05, 0) is 104 Å². The Labute approximate surface area is 213 Å². The molecule has 0 atom stereocenters. The second-order valence-electron chi connectivity index (χ2n) is 8.27. The minimum atomic E-state index is 0.232. The van der Waals surface area contributed by atoms with Crippen LogP contribution in [0.3, 0.4) is 0 Å². The van der Waals surface area contributed by atoms with Gasteiger partial charge in [0.2, 0.25) is 5.82 Å². The number of aromatic nitrogens is 2. The maximum Gasteiger partial charge on any atom is 0.258 e. The molecule has 2 heterocycles. The van der Waals surface area contributed by atoms with Crippen molar-refractivity contribution >= 4 is 43.2 Å². The van der Waals surface area contributed by atoms with Gasteiger partial charge in [0.15, 0.2) is 12.4 Å². The first-order chi connectivity index (χ1) is 16.0. The standard InChI is InChI=1S/C25H22Br2N2O3S/c1-14(2)19-11-17(31-24-20(26)10-15-4-3-5-18(15)23(24)27)6-7-21(19)30-12-22-28-25(32-29-22)16-8-9-33-13-16/h6-11,13-14H,3-5,12H2,1-2H3. The average molecular weight is 590 g/mol. The van der Waals surface area contributed by atoms with Crippen molar-refractivity contribution in [2.45, 2.75) is 45.6 Å². The Hall–Kier alpha value is -2.16. The van der Waals surface area contributed by atoms with E-state index in [0.717, 1.165) is 50.2 Å². The molecule has 0 saturated heterocycles. The molecule has 1 aliphatic rings. The van der Waals surface area contributed by atoms with Gasteiger partial charge in [0.05, 0.1) is 14.5 Å². The minimum Gasteiger partial charge on any atom is -0.485 e. The minimum absolute atomic E-state index is 0.232. The molecule has 0 N–H and O–H groups in total. The quantitative estimate of drug-likeness (QED) is 0.217. The van der Waals surface area contributed by atoms with E-state index in [1.54, 1.807) is 11.3 Å². The SMILES string of the molecule is CC(C)c1cc(Oc2c(Br)cc3c(c2Br)CCC3)ccc1OCc1noc(-c2ccsc2)n1. The Kier molecular flexibility index (Phi) is 6.58. The van der Waals surface area contributed by atoms with Gasteiger partial charge in [0, 0.05) is 10.9 Å². The average Bonchev–Trinajstić information content (AvgIpc) is 3.56. The van der Waals surface area contributed by atoms with Crippen molar-refractivity contribution in [1.82, 2.24) is 10.1 Å². The molecule has 0 radical (unpaired) electrons. The van der Waals surface area contributed by atoms with Crippen molar-refractivity contribution in [3.05, 3.63) is 72.6 Å². The summed E-state index contributed by atoms with van der Waals surface area (Å²) >= 11 is 9.04. The molecule has 2 aromatic carbocycles. The van der Waals surface area contributed by atoms with Crippen LogP contribution in [0.25, 0.3) is 11.5 Å². The molecule has 5 rings (SSSR count). The maximum atomic E-state index is 6.33. The zero-order valence-corrected chi connectivity index (χ0v) is 22.2. The Morgan fingerprint density at radius 2 is 2.03 bits per heavy atom. The Morgan fingerprint density at radius 1 is 1.15 bits per heavy atom. The van der Waals surface area contributed by atoms with Gasteiger partial charge in [-0.2, -0.15) is 16.3 Å². The molecule has 1 aliphatic carbocycles. The first-order valence-electron chi connectivity index (χ1n) is 10.8. The van der Waals surface area contributed by atoms with Gasteiger partial charge in [-0.25, -0.2) is 0 Å². The summed E-state index contributed by atoms with van der Waals surface area (Å²) in [5.41, 5.74) is 4.71. The van der Waals surface area contributed by atoms with Crippen LogP contribution in [-0.4, -0.2) is 10.1 Å². The predicted octanol–water partition coefficient (Wildman–Crippen LogP) is 8.31. The van der Waals surface area contributed by atoms with Crippen molar-refractivity contribution < 1.29 is 14.0 Å². The molecule has 0 fully saturated rings. The van der Waals surface area contributed by atoms with E-state index in [4.69, 9.17) is 14.0 Å². The Balaban J connectivity index is 1.35. The summed E-state index contributed by atoms with van der Waals surface area (Å²) in [5.74, 6) is 3.63. The lowest BCUT2D eigenvalue weighted by molar-refractivity contribution is 0.283. The van der Waals surface area contributed by atoms with E-state index in [2.05, 4.69) is 61.9 Å². The molecule has 5 nitrogen and oxygen atoms in total. The third-order valence-electron chi connectivity index (χ3n) is 5.66. The van der Waals surface area contributed by atoms with Crippen LogP contribution in [0.2, 0.25) is 0 Å². The number of rotatable bonds is 7. The summed E-state index contributed by atoms with van der Waals surface area (Å²) < 4.78 is 19.7. The van der Waals surface area contributed by atoms with E-state index in [-0.39, 0.29) is 12.5 Å². The van der Waals surface area contributed by atoms with Crippen molar-refractivity contribution in [2.24, 2.45) is 0 Å². The smallest absolute Gasteiger partial charge is 0.258 e. The van der Waals surface area contributed by atoms with Gasteiger partial charge in [-0.15, -0.1) is 0 Å². The summed E-state index contributed by atoms with van der Waals surface area (Å²) in [4.78, 5) is 4.43. The second-order valence-corrected chi connectivity index (χ2v) is 10.7. The van der Waals surface area contributed by atoms with Crippen molar-refractivity contribution in [2.75, 3.05) is 0 Å². The van der Waals surface area contributed by atoms with Crippen molar-refractivity contribution in [1.29, 1.82) is 0 Å². The van der Waals surface area contributed by atoms with E-state index in [0.29, 0.717) is 11.7 Å². The number of hydrogen-bond acceptors (Lipinski definition) is 6. The van der Waals surface area contributed by atoms with Crippen LogP contribution in [0.4, 0.5) is 0 Å². The molecule has 170 valence electrons. The molecule has 4 aromatic rings.